The predicted molar refractivity (Wildman–Crippen MR) is 52.0 cm³/mol. The number of nitrogens with one attached hydrogen (secondary N) is 1. The first-order valence-corrected chi connectivity index (χ1v) is 6.56. The Morgan fingerprint density at radius 3 is 2.33 bits per heavy atom. The lowest BCUT2D eigenvalue weighted by molar-refractivity contribution is -0.141. The molecule has 2 N–H and O–H groups in total. The summed E-state index contributed by atoms with van der Waals surface area (Å²) in [7, 11) is -3.41. The highest BCUT2D eigenvalue weighted by Gasteiger charge is 2.33. The summed E-state index contributed by atoms with van der Waals surface area (Å²) in [6.45, 7) is 0. The number of aliphatic carboxylic acids is 1. The zero-order valence-electron chi connectivity index (χ0n) is 8.26. The number of hydrogen-bond donors (Lipinski definition) is 2. The maximum absolute atomic E-state index is 11.2. The summed E-state index contributed by atoms with van der Waals surface area (Å²) < 4.78 is 21.8. The van der Waals surface area contributed by atoms with Crippen molar-refractivity contribution >= 4 is 21.7 Å². The van der Waals surface area contributed by atoms with Crippen molar-refractivity contribution in [2.45, 2.75) is 18.9 Å². The number of carboxylic acids is 1. The van der Waals surface area contributed by atoms with Gasteiger partial charge in [-0.15, -0.1) is 0 Å². The van der Waals surface area contributed by atoms with Crippen molar-refractivity contribution in [2.24, 2.45) is 5.92 Å². The molecule has 1 atom stereocenters. The van der Waals surface area contributed by atoms with E-state index in [1.807, 2.05) is 0 Å². The molecule has 0 saturated heterocycles. The number of carboxylic acid groups (broad SMARTS) is 1. The zero-order chi connectivity index (χ0) is 11.6. The van der Waals surface area contributed by atoms with E-state index in [0.717, 1.165) is 19.1 Å². The monoisotopic (exact) mass is 235 g/mol. The average molecular weight is 235 g/mol. The van der Waals surface area contributed by atoms with Gasteiger partial charge in [0.05, 0.1) is 5.75 Å². The fraction of sp³-hybridized carbons (Fsp3) is 0.750. The predicted octanol–water partition coefficient (Wildman–Crippen LogP) is -0.990. The van der Waals surface area contributed by atoms with E-state index in [0.29, 0.717) is 0 Å². The Morgan fingerprint density at radius 1 is 1.47 bits per heavy atom. The molecule has 1 aliphatic carbocycles. The molecule has 1 saturated carbocycles. The molecular formula is C8H13NO5S. The van der Waals surface area contributed by atoms with Gasteiger partial charge >= 0.3 is 5.97 Å². The standard InChI is InChI=1S/C8H13NO5S/c1-15(13,14)4-6(8(11)12)9-7(10)5-2-3-5/h5-6H,2-4H2,1H3,(H,9,10)(H,11,12). The molecule has 1 amide bonds. The van der Waals surface area contributed by atoms with Crippen molar-refractivity contribution in [1.82, 2.24) is 5.32 Å². The number of carbonyl (C=O) groups excluding carboxylic acids is 1. The van der Waals surface area contributed by atoms with Crippen molar-refractivity contribution in [3.63, 3.8) is 0 Å². The minimum absolute atomic E-state index is 0.133. The highest BCUT2D eigenvalue weighted by molar-refractivity contribution is 7.90. The number of hydrogen-bond acceptors (Lipinski definition) is 4. The van der Waals surface area contributed by atoms with E-state index in [1.165, 1.54) is 0 Å². The molecule has 1 aliphatic rings. The van der Waals surface area contributed by atoms with Crippen LogP contribution in [0.5, 0.6) is 0 Å². The molecule has 7 heteroatoms. The van der Waals surface area contributed by atoms with Crippen LogP contribution in [0, 0.1) is 5.92 Å². The first-order chi connectivity index (χ1) is 6.79. The molecule has 0 bridgehead atoms. The van der Waals surface area contributed by atoms with Crippen LogP contribution in [0.15, 0.2) is 0 Å². The van der Waals surface area contributed by atoms with Crippen LogP contribution in [0.1, 0.15) is 12.8 Å². The van der Waals surface area contributed by atoms with Gasteiger partial charge in [0.2, 0.25) is 5.91 Å². The molecule has 1 rings (SSSR count). The van der Waals surface area contributed by atoms with E-state index in [4.69, 9.17) is 5.11 Å². The van der Waals surface area contributed by atoms with E-state index in [9.17, 15) is 18.0 Å². The number of carbonyl (C=O) groups is 2. The van der Waals surface area contributed by atoms with Gasteiger partial charge in [0.15, 0.2) is 0 Å². The summed E-state index contributed by atoms with van der Waals surface area (Å²) in [6.07, 6.45) is 2.43. The van der Waals surface area contributed by atoms with Crippen molar-refractivity contribution in [3.8, 4) is 0 Å². The van der Waals surface area contributed by atoms with Crippen LogP contribution in [0.4, 0.5) is 0 Å². The van der Waals surface area contributed by atoms with E-state index in [-0.39, 0.29) is 11.8 Å². The largest absolute Gasteiger partial charge is 0.480 e. The zero-order valence-corrected chi connectivity index (χ0v) is 9.08. The molecule has 86 valence electrons. The highest BCUT2D eigenvalue weighted by atomic mass is 32.2. The molecule has 1 unspecified atom stereocenters. The SMILES string of the molecule is CS(=O)(=O)CC(NC(=O)C1CC1)C(=O)O. The van der Waals surface area contributed by atoms with Gasteiger partial charge < -0.3 is 10.4 Å². The minimum atomic E-state index is -3.41. The van der Waals surface area contributed by atoms with Gasteiger partial charge in [-0.1, -0.05) is 0 Å². The Kier molecular flexibility index (Phi) is 3.33. The van der Waals surface area contributed by atoms with Gasteiger partial charge in [-0.25, -0.2) is 13.2 Å². The maximum atomic E-state index is 11.2. The maximum Gasteiger partial charge on any atom is 0.327 e. The van der Waals surface area contributed by atoms with Crippen molar-refractivity contribution in [3.05, 3.63) is 0 Å². The molecule has 0 spiro atoms. The van der Waals surface area contributed by atoms with Crippen LogP contribution < -0.4 is 5.32 Å². The molecule has 0 heterocycles. The quantitative estimate of drug-likeness (QED) is 0.637. The molecule has 0 aliphatic heterocycles. The third-order valence-electron chi connectivity index (χ3n) is 2.03. The second kappa shape index (κ2) is 4.18. The van der Waals surface area contributed by atoms with Crippen LogP contribution in [-0.2, 0) is 19.4 Å². The topological polar surface area (TPSA) is 101 Å². The summed E-state index contributed by atoms with van der Waals surface area (Å²) in [5, 5.41) is 10.9. The van der Waals surface area contributed by atoms with Gasteiger partial charge in [0.1, 0.15) is 15.9 Å². The van der Waals surface area contributed by atoms with Crippen LogP contribution >= 0.6 is 0 Å². The summed E-state index contributed by atoms with van der Waals surface area (Å²) in [5.74, 6) is -2.40. The third-order valence-corrected chi connectivity index (χ3v) is 2.97. The summed E-state index contributed by atoms with van der Waals surface area (Å²) in [6, 6.07) is -1.34. The average Bonchev–Trinajstić information content (AvgIpc) is 2.81. The molecular weight excluding hydrogens is 222 g/mol. The Hall–Kier alpha value is -1.11. The fourth-order valence-electron chi connectivity index (χ4n) is 1.11. The van der Waals surface area contributed by atoms with Crippen molar-refractivity contribution in [1.29, 1.82) is 0 Å². The van der Waals surface area contributed by atoms with E-state index in [1.54, 1.807) is 0 Å². The minimum Gasteiger partial charge on any atom is -0.480 e. The summed E-state index contributed by atoms with van der Waals surface area (Å²) in [5.41, 5.74) is 0. The Bertz CT molecular complexity index is 370. The third kappa shape index (κ3) is 4.28. The smallest absolute Gasteiger partial charge is 0.327 e. The van der Waals surface area contributed by atoms with Gasteiger partial charge in [-0.2, -0.15) is 0 Å². The first kappa shape index (κ1) is 12.0. The molecule has 0 radical (unpaired) electrons. The van der Waals surface area contributed by atoms with Crippen LogP contribution in [0.25, 0.3) is 0 Å². The normalized spacial score (nSPS) is 18.2. The van der Waals surface area contributed by atoms with Gasteiger partial charge in [-0.3, -0.25) is 4.79 Å². The van der Waals surface area contributed by atoms with Crippen LogP contribution in [0.3, 0.4) is 0 Å². The van der Waals surface area contributed by atoms with E-state index >= 15 is 0 Å². The lowest BCUT2D eigenvalue weighted by Crippen LogP contribution is -2.45. The van der Waals surface area contributed by atoms with Gasteiger partial charge in [-0.05, 0) is 12.8 Å². The lowest BCUT2D eigenvalue weighted by atomic mass is 10.3. The molecule has 15 heavy (non-hydrogen) atoms. The van der Waals surface area contributed by atoms with Gasteiger partial charge in [0, 0.05) is 12.2 Å². The molecule has 0 aromatic carbocycles. The number of sulfone groups is 1. The van der Waals surface area contributed by atoms with E-state index in [2.05, 4.69) is 5.32 Å². The van der Waals surface area contributed by atoms with Gasteiger partial charge in [0.25, 0.3) is 0 Å². The Labute approximate surface area is 87.6 Å². The number of rotatable bonds is 5. The molecule has 1 fully saturated rings. The second-order valence-corrected chi connectivity index (χ2v) is 5.95. The molecule has 0 aromatic heterocycles. The summed E-state index contributed by atoms with van der Waals surface area (Å²) >= 11 is 0. The van der Waals surface area contributed by atoms with E-state index < -0.39 is 27.6 Å². The van der Waals surface area contributed by atoms with Crippen molar-refractivity contribution in [2.75, 3.05) is 12.0 Å². The lowest BCUT2D eigenvalue weighted by Gasteiger charge is -2.12. The molecule has 6 nitrogen and oxygen atoms in total. The Morgan fingerprint density at radius 2 is 2.00 bits per heavy atom. The van der Waals surface area contributed by atoms with Crippen LogP contribution in [0.2, 0.25) is 0 Å². The Balaban J connectivity index is 2.57. The highest BCUT2D eigenvalue weighted by Crippen LogP contribution is 2.28. The first-order valence-electron chi connectivity index (χ1n) is 4.50. The molecule has 0 aromatic rings. The summed E-state index contributed by atoms with van der Waals surface area (Å²) in [4.78, 5) is 21.9. The fourth-order valence-corrected chi connectivity index (χ4v) is 1.94. The van der Waals surface area contributed by atoms with Crippen LogP contribution in [-0.4, -0.2) is 43.5 Å². The second-order valence-electron chi connectivity index (χ2n) is 3.77. The van der Waals surface area contributed by atoms with Crippen molar-refractivity contribution < 1.29 is 23.1 Å². The number of amides is 1.